The van der Waals surface area contributed by atoms with Crippen molar-refractivity contribution >= 4 is 45.0 Å². The summed E-state index contributed by atoms with van der Waals surface area (Å²) in [4.78, 5) is 13.3. The number of sulfonamides is 1. The summed E-state index contributed by atoms with van der Waals surface area (Å²) in [6.45, 7) is 0.188. The minimum Gasteiger partial charge on any atom is -0.354 e. The van der Waals surface area contributed by atoms with E-state index in [1.807, 2.05) is 30.3 Å². The molecule has 0 aliphatic rings. The molecule has 26 heavy (non-hydrogen) atoms. The van der Waals surface area contributed by atoms with Gasteiger partial charge < -0.3 is 5.32 Å². The Kier molecular flexibility index (Phi) is 7.81. The number of carbonyl (C=O) groups is 1. The standard InChI is InChI=1S/C18H21ClN2O3S2/c1-26(23,24)21(17-11-6-5-10-16(17)19)14-18(22)20-12-7-13-25-15-8-3-2-4-9-15/h2-6,8-11H,7,12-14H2,1H3,(H,20,22). The van der Waals surface area contributed by atoms with E-state index in [4.69, 9.17) is 11.6 Å². The summed E-state index contributed by atoms with van der Waals surface area (Å²) >= 11 is 7.79. The number of benzene rings is 2. The Morgan fingerprint density at radius 1 is 1.12 bits per heavy atom. The molecule has 0 saturated heterocycles. The highest BCUT2D eigenvalue weighted by atomic mass is 35.5. The minimum atomic E-state index is -3.62. The summed E-state index contributed by atoms with van der Waals surface area (Å²) in [7, 11) is -3.62. The Morgan fingerprint density at radius 3 is 2.42 bits per heavy atom. The molecule has 2 aromatic carbocycles. The predicted molar refractivity (Wildman–Crippen MR) is 108 cm³/mol. The lowest BCUT2D eigenvalue weighted by Gasteiger charge is -2.22. The molecule has 2 aromatic rings. The van der Waals surface area contributed by atoms with E-state index >= 15 is 0 Å². The molecule has 1 N–H and O–H groups in total. The monoisotopic (exact) mass is 412 g/mol. The number of halogens is 1. The molecule has 0 unspecified atom stereocenters. The van der Waals surface area contributed by atoms with Gasteiger partial charge in [0.05, 0.1) is 17.0 Å². The van der Waals surface area contributed by atoms with E-state index in [0.717, 1.165) is 22.7 Å². The molecule has 0 aliphatic carbocycles. The van der Waals surface area contributed by atoms with Gasteiger partial charge in [-0.1, -0.05) is 41.9 Å². The molecule has 0 fully saturated rings. The highest BCUT2D eigenvalue weighted by Crippen LogP contribution is 2.26. The van der Waals surface area contributed by atoms with E-state index in [1.165, 1.54) is 4.90 Å². The van der Waals surface area contributed by atoms with Crippen LogP contribution in [0.1, 0.15) is 6.42 Å². The van der Waals surface area contributed by atoms with Crippen molar-refractivity contribution < 1.29 is 13.2 Å². The maximum Gasteiger partial charge on any atom is 0.240 e. The molecule has 5 nitrogen and oxygen atoms in total. The highest BCUT2D eigenvalue weighted by Gasteiger charge is 2.22. The first-order valence-corrected chi connectivity index (χ1v) is 11.3. The van der Waals surface area contributed by atoms with Gasteiger partial charge in [-0.3, -0.25) is 9.10 Å². The fourth-order valence-electron chi connectivity index (χ4n) is 2.23. The minimum absolute atomic E-state index is 0.282. The number of amides is 1. The lowest BCUT2D eigenvalue weighted by molar-refractivity contribution is -0.119. The average molecular weight is 413 g/mol. The molecule has 8 heteroatoms. The van der Waals surface area contributed by atoms with Gasteiger partial charge in [0.15, 0.2) is 0 Å². The predicted octanol–water partition coefficient (Wildman–Crippen LogP) is 3.40. The van der Waals surface area contributed by atoms with Crippen LogP contribution in [-0.4, -0.2) is 39.4 Å². The number of carbonyl (C=O) groups excluding carboxylic acids is 1. The van der Waals surface area contributed by atoms with Crippen molar-refractivity contribution in [2.75, 3.05) is 29.4 Å². The van der Waals surface area contributed by atoms with Crippen molar-refractivity contribution in [3.8, 4) is 0 Å². The van der Waals surface area contributed by atoms with E-state index in [9.17, 15) is 13.2 Å². The van der Waals surface area contributed by atoms with E-state index in [0.29, 0.717) is 12.2 Å². The van der Waals surface area contributed by atoms with Crippen LogP contribution in [0.5, 0.6) is 0 Å². The van der Waals surface area contributed by atoms with Gasteiger partial charge >= 0.3 is 0 Å². The Balaban J connectivity index is 1.83. The Bertz CT molecular complexity index is 829. The van der Waals surface area contributed by atoms with Crippen LogP contribution < -0.4 is 9.62 Å². The van der Waals surface area contributed by atoms with Crippen LogP contribution >= 0.6 is 23.4 Å². The second-order valence-electron chi connectivity index (χ2n) is 5.59. The number of rotatable bonds is 9. The fourth-order valence-corrected chi connectivity index (χ4v) is 4.26. The Hall–Kier alpha value is -1.70. The molecule has 0 spiro atoms. The number of anilines is 1. The van der Waals surface area contributed by atoms with Crippen LogP contribution in [0.15, 0.2) is 59.5 Å². The molecule has 2 rings (SSSR count). The lowest BCUT2D eigenvalue weighted by Crippen LogP contribution is -2.40. The molecule has 0 saturated carbocycles. The first kappa shape index (κ1) is 20.6. The maximum absolute atomic E-state index is 12.2. The van der Waals surface area contributed by atoms with Gasteiger partial charge in [0.2, 0.25) is 15.9 Å². The number of nitrogens with zero attached hydrogens (tertiary/aromatic N) is 1. The molecular formula is C18H21ClN2O3S2. The third-order valence-electron chi connectivity index (χ3n) is 3.46. The lowest BCUT2D eigenvalue weighted by atomic mass is 10.3. The zero-order valence-electron chi connectivity index (χ0n) is 14.4. The van der Waals surface area contributed by atoms with Crippen LogP contribution in [0.25, 0.3) is 0 Å². The number of nitrogens with one attached hydrogen (secondary N) is 1. The van der Waals surface area contributed by atoms with Gasteiger partial charge in [0.25, 0.3) is 0 Å². The Morgan fingerprint density at radius 2 is 1.77 bits per heavy atom. The maximum atomic E-state index is 12.2. The van der Waals surface area contributed by atoms with Gasteiger partial charge in [-0.2, -0.15) is 0 Å². The van der Waals surface area contributed by atoms with Crippen LogP contribution in [0.3, 0.4) is 0 Å². The summed E-state index contributed by atoms with van der Waals surface area (Å²) in [5, 5.41) is 3.04. The molecule has 1 amide bonds. The molecule has 0 heterocycles. The van der Waals surface area contributed by atoms with Crippen LogP contribution in [0.2, 0.25) is 5.02 Å². The topological polar surface area (TPSA) is 66.5 Å². The van der Waals surface area contributed by atoms with Crippen molar-refractivity contribution in [2.45, 2.75) is 11.3 Å². The van der Waals surface area contributed by atoms with E-state index in [-0.39, 0.29) is 17.5 Å². The molecular weight excluding hydrogens is 392 g/mol. The number of para-hydroxylation sites is 1. The number of thioether (sulfide) groups is 1. The first-order valence-electron chi connectivity index (χ1n) is 8.05. The van der Waals surface area contributed by atoms with Crippen LogP contribution in [-0.2, 0) is 14.8 Å². The van der Waals surface area contributed by atoms with E-state index < -0.39 is 10.0 Å². The quantitative estimate of drug-likeness (QED) is 0.506. The number of hydrogen-bond donors (Lipinski definition) is 1. The van der Waals surface area contributed by atoms with Gasteiger partial charge in [0, 0.05) is 11.4 Å². The van der Waals surface area contributed by atoms with Crippen LogP contribution in [0, 0.1) is 0 Å². The first-order chi connectivity index (χ1) is 12.4. The Labute approximate surface area is 163 Å². The second kappa shape index (κ2) is 9.85. The largest absolute Gasteiger partial charge is 0.354 e. The van der Waals surface area contributed by atoms with Gasteiger partial charge in [-0.15, -0.1) is 11.8 Å². The summed E-state index contributed by atoms with van der Waals surface area (Å²) in [5.41, 5.74) is 0.298. The molecule has 0 aromatic heterocycles. The number of hydrogen-bond acceptors (Lipinski definition) is 4. The average Bonchev–Trinajstić information content (AvgIpc) is 2.60. The van der Waals surface area contributed by atoms with Crippen LogP contribution in [0.4, 0.5) is 5.69 Å². The fraction of sp³-hybridized carbons (Fsp3) is 0.278. The highest BCUT2D eigenvalue weighted by molar-refractivity contribution is 7.99. The summed E-state index contributed by atoms with van der Waals surface area (Å²) < 4.78 is 25.1. The molecule has 0 aliphatic heterocycles. The normalized spacial score (nSPS) is 11.2. The van der Waals surface area contributed by atoms with Crippen molar-refractivity contribution in [3.05, 3.63) is 59.6 Å². The molecule has 0 bridgehead atoms. The van der Waals surface area contributed by atoms with Gasteiger partial charge in [-0.25, -0.2) is 8.42 Å². The third-order valence-corrected chi connectivity index (χ3v) is 6.01. The van der Waals surface area contributed by atoms with Crippen molar-refractivity contribution in [2.24, 2.45) is 0 Å². The van der Waals surface area contributed by atoms with E-state index in [1.54, 1.807) is 36.0 Å². The summed E-state index contributed by atoms with van der Waals surface area (Å²) in [5.74, 6) is 0.505. The second-order valence-corrected chi connectivity index (χ2v) is 9.07. The van der Waals surface area contributed by atoms with Crippen molar-refractivity contribution in [3.63, 3.8) is 0 Å². The van der Waals surface area contributed by atoms with Crippen molar-refractivity contribution in [1.82, 2.24) is 5.32 Å². The van der Waals surface area contributed by atoms with Crippen molar-refractivity contribution in [1.29, 1.82) is 0 Å². The SMILES string of the molecule is CS(=O)(=O)N(CC(=O)NCCCSc1ccccc1)c1ccccc1Cl. The summed E-state index contributed by atoms with van der Waals surface area (Å²) in [6.07, 6.45) is 1.84. The zero-order valence-corrected chi connectivity index (χ0v) is 16.8. The van der Waals surface area contributed by atoms with Gasteiger partial charge in [-0.05, 0) is 36.4 Å². The summed E-state index contributed by atoms with van der Waals surface area (Å²) in [6, 6.07) is 16.6. The third kappa shape index (κ3) is 6.55. The van der Waals surface area contributed by atoms with E-state index in [2.05, 4.69) is 5.32 Å². The van der Waals surface area contributed by atoms with Gasteiger partial charge in [0.1, 0.15) is 6.54 Å². The molecule has 0 atom stereocenters. The molecule has 0 radical (unpaired) electrons. The zero-order chi connectivity index (χ0) is 19.0. The molecule has 140 valence electrons. The smallest absolute Gasteiger partial charge is 0.240 e.